The van der Waals surface area contributed by atoms with Crippen LogP contribution in [0.1, 0.15) is 53.2 Å². The van der Waals surface area contributed by atoms with E-state index in [4.69, 9.17) is 4.74 Å². The number of fused-ring (bicyclic) bond motifs is 2. The van der Waals surface area contributed by atoms with Crippen molar-refractivity contribution in [2.45, 2.75) is 56.8 Å². The highest BCUT2D eigenvalue weighted by Crippen LogP contribution is 2.28. The van der Waals surface area contributed by atoms with Crippen LogP contribution in [0.4, 0.5) is 0 Å². The van der Waals surface area contributed by atoms with E-state index in [9.17, 15) is 9.90 Å². The van der Waals surface area contributed by atoms with Crippen molar-refractivity contribution in [1.29, 1.82) is 0 Å². The van der Waals surface area contributed by atoms with Crippen LogP contribution in [0.15, 0.2) is 48.8 Å². The summed E-state index contributed by atoms with van der Waals surface area (Å²) < 4.78 is 7.67. The molecule has 0 aliphatic carbocycles. The van der Waals surface area contributed by atoms with E-state index in [-0.39, 0.29) is 36.6 Å². The lowest BCUT2D eigenvalue weighted by molar-refractivity contribution is 0.0706. The van der Waals surface area contributed by atoms with Crippen molar-refractivity contribution in [3.8, 4) is 0 Å². The number of ketones is 1. The Balaban J connectivity index is 0.00000153. The van der Waals surface area contributed by atoms with E-state index < -0.39 is 6.10 Å². The van der Waals surface area contributed by atoms with Crippen LogP contribution < -0.4 is 5.32 Å². The SMILES string of the molecule is Cl.Cl.O=C(CC[C@@H](O)[C@@H]1Cc2ccccc2CN1)c1cccc2c1ncn2C1CCOCC1. The normalized spacial score (nSPS) is 19.2. The third-order valence-corrected chi connectivity index (χ3v) is 6.73. The number of hydrogen-bond acceptors (Lipinski definition) is 5. The minimum absolute atomic E-state index is 0. The Hall–Kier alpha value is -1.96. The number of hydrogen-bond donors (Lipinski definition) is 2. The first-order valence-electron chi connectivity index (χ1n) is 11.3. The summed E-state index contributed by atoms with van der Waals surface area (Å²) in [5, 5.41) is 14.2. The van der Waals surface area contributed by atoms with Gasteiger partial charge >= 0.3 is 0 Å². The first-order chi connectivity index (χ1) is 15.2. The number of para-hydroxylation sites is 1. The summed E-state index contributed by atoms with van der Waals surface area (Å²) in [6.07, 6.45) is 4.77. The summed E-state index contributed by atoms with van der Waals surface area (Å²) in [6, 6.07) is 14.5. The van der Waals surface area contributed by atoms with Crippen molar-refractivity contribution in [1.82, 2.24) is 14.9 Å². The van der Waals surface area contributed by atoms with E-state index in [0.29, 0.717) is 24.4 Å². The van der Waals surface area contributed by atoms with E-state index in [0.717, 1.165) is 50.1 Å². The predicted molar refractivity (Wildman–Crippen MR) is 134 cm³/mol. The Labute approximate surface area is 206 Å². The fourth-order valence-corrected chi connectivity index (χ4v) is 4.90. The Bertz CT molecular complexity index is 1080. The Morgan fingerprint density at radius 1 is 1.12 bits per heavy atom. The maximum absolute atomic E-state index is 13.0. The molecule has 2 atom stereocenters. The van der Waals surface area contributed by atoms with E-state index >= 15 is 0 Å². The van der Waals surface area contributed by atoms with Gasteiger partial charge in [-0.1, -0.05) is 30.3 Å². The molecule has 2 aromatic carbocycles. The molecule has 5 rings (SSSR count). The van der Waals surface area contributed by atoms with Crippen LogP contribution in [0.5, 0.6) is 0 Å². The number of aromatic nitrogens is 2. The van der Waals surface area contributed by atoms with Crippen molar-refractivity contribution in [3.63, 3.8) is 0 Å². The van der Waals surface area contributed by atoms with Crippen molar-refractivity contribution in [3.05, 3.63) is 65.5 Å². The predicted octanol–water partition coefficient (Wildman–Crippen LogP) is 4.27. The molecule has 2 N–H and O–H groups in total. The number of benzene rings is 2. The smallest absolute Gasteiger partial charge is 0.165 e. The summed E-state index contributed by atoms with van der Waals surface area (Å²) in [5.74, 6) is 0.0399. The first kappa shape index (κ1) is 25.7. The van der Waals surface area contributed by atoms with Gasteiger partial charge in [0, 0.05) is 43.8 Å². The Kier molecular flexibility index (Phi) is 8.90. The van der Waals surface area contributed by atoms with Crippen molar-refractivity contribution in [2.75, 3.05) is 13.2 Å². The topological polar surface area (TPSA) is 76.4 Å². The van der Waals surface area contributed by atoms with Gasteiger partial charge in [0.05, 0.1) is 23.5 Å². The molecule has 33 heavy (non-hydrogen) atoms. The molecular formula is C25H31Cl2N3O3. The van der Waals surface area contributed by atoms with Gasteiger partial charge in [0.25, 0.3) is 0 Å². The van der Waals surface area contributed by atoms with E-state index in [1.54, 1.807) is 0 Å². The van der Waals surface area contributed by atoms with Crippen LogP contribution in [-0.4, -0.2) is 45.8 Å². The number of aliphatic hydroxyl groups is 1. The second kappa shape index (κ2) is 11.4. The van der Waals surface area contributed by atoms with Gasteiger partial charge < -0.3 is 19.7 Å². The number of Topliss-reactive ketones (excluding diaryl/α,β-unsaturated/α-hetero) is 1. The molecule has 8 heteroatoms. The maximum atomic E-state index is 13.0. The zero-order chi connectivity index (χ0) is 21.2. The van der Waals surface area contributed by atoms with Gasteiger partial charge in [-0.05, 0) is 48.9 Å². The van der Waals surface area contributed by atoms with E-state index in [1.165, 1.54) is 11.1 Å². The molecule has 1 saturated heterocycles. The zero-order valence-electron chi connectivity index (χ0n) is 18.5. The Morgan fingerprint density at radius 3 is 2.67 bits per heavy atom. The van der Waals surface area contributed by atoms with Gasteiger partial charge in [-0.25, -0.2) is 4.98 Å². The molecule has 178 valence electrons. The number of rotatable bonds is 6. The number of nitrogens with zero attached hydrogens (tertiary/aromatic N) is 2. The summed E-state index contributed by atoms with van der Waals surface area (Å²) >= 11 is 0. The van der Waals surface area contributed by atoms with Crippen LogP contribution in [-0.2, 0) is 17.7 Å². The van der Waals surface area contributed by atoms with Gasteiger partial charge in [0.15, 0.2) is 5.78 Å². The fraction of sp³-hybridized carbons (Fsp3) is 0.440. The average molecular weight is 492 g/mol. The van der Waals surface area contributed by atoms with Gasteiger partial charge in [0.2, 0.25) is 0 Å². The number of halogens is 2. The Morgan fingerprint density at radius 2 is 1.88 bits per heavy atom. The second-order valence-corrected chi connectivity index (χ2v) is 8.66. The molecule has 0 amide bonds. The summed E-state index contributed by atoms with van der Waals surface area (Å²) in [6.45, 7) is 2.29. The third-order valence-electron chi connectivity index (χ3n) is 6.73. The van der Waals surface area contributed by atoms with Crippen molar-refractivity contribution >= 4 is 41.6 Å². The average Bonchev–Trinajstić information content (AvgIpc) is 3.27. The lowest BCUT2D eigenvalue weighted by atomic mass is 9.90. The van der Waals surface area contributed by atoms with E-state index in [2.05, 4.69) is 27.0 Å². The molecule has 0 bridgehead atoms. The maximum Gasteiger partial charge on any atom is 0.165 e. The molecule has 1 aromatic heterocycles. The van der Waals surface area contributed by atoms with Crippen molar-refractivity contribution < 1.29 is 14.6 Å². The molecule has 2 aliphatic heterocycles. The third kappa shape index (κ3) is 5.42. The van der Waals surface area contributed by atoms with Crippen LogP contribution in [0, 0.1) is 0 Å². The second-order valence-electron chi connectivity index (χ2n) is 8.66. The standard InChI is InChI=1S/C25H29N3O3.2ClH/c29-23(8-9-24(30)21-14-17-4-1-2-5-18(17)15-26-21)20-6-3-7-22-25(20)27-16-28(22)19-10-12-31-13-11-19;;/h1-7,16,19,21,24,26,30H,8-15H2;2*1H/t21-,24+;;/m0../s1. The molecule has 6 nitrogen and oxygen atoms in total. The molecule has 1 fully saturated rings. The molecule has 0 spiro atoms. The quantitative estimate of drug-likeness (QED) is 0.503. The molecule has 0 saturated carbocycles. The summed E-state index contributed by atoms with van der Waals surface area (Å²) in [4.78, 5) is 17.6. The number of aliphatic hydroxyl groups excluding tert-OH is 1. The van der Waals surface area contributed by atoms with Crippen LogP contribution in [0.2, 0.25) is 0 Å². The van der Waals surface area contributed by atoms with Gasteiger partial charge in [0.1, 0.15) is 0 Å². The number of carbonyl (C=O) groups is 1. The number of nitrogens with one attached hydrogen (secondary N) is 1. The minimum Gasteiger partial charge on any atom is -0.391 e. The highest BCUT2D eigenvalue weighted by Gasteiger charge is 2.25. The summed E-state index contributed by atoms with van der Waals surface area (Å²) in [7, 11) is 0. The van der Waals surface area contributed by atoms with Gasteiger partial charge in [-0.2, -0.15) is 0 Å². The first-order valence-corrected chi connectivity index (χ1v) is 11.3. The number of imidazole rings is 1. The molecule has 2 aliphatic rings. The lowest BCUT2D eigenvalue weighted by Crippen LogP contribution is -2.44. The zero-order valence-corrected chi connectivity index (χ0v) is 20.1. The van der Waals surface area contributed by atoms with Gasteiger partial charge in [-0.3, -0.25) is 4.79 Å². The van der Waals surface area contributed by atoms with E-state index in [1.807, 2.05) is 36.7 Å². The monoisotopic (exact) mass is 491 g/mol. The highest BCUT2D eigenvalue weighted by molar-refractivity contribution is 6.06. The molecule has 3 aromatic rings. The number of carbonyl (C=O) groups excluding carboxylic acids is 1. The lowest BCUT2D eigenvalue weighted by Gasteiger charge is -2.29. The highest BCUT2D eigenvalue weighted by atomic mass is 35.5. The molecular weight excluding hydrogens is 461 g/mol. The molecule has 3 heterocycles. The van der Waals surface area contributed by atoms with Crippen LogP contribution in [0.3, 0.4) is 0 Å². The van der Waals surface area contributed by atoms with Crippen LogP contribution in [0.25, 0.3) is 11.0 Å². The molecule has 0 radical (unpaired) electrons. The largest absolute Gasteiger partial charge is 0.391 e. The molecule has 0 unspecified atom stereocenters. The van der Waals surface area contributed by atoms with Crippen LogP contribution >= 0.6 is 24.8 Å². The fourth-order valence-electron chi connectivity index (χ4n) is 4.90. The van der Waals surface area contributed by atoms with Gasteiger partial charge in [-0.15, -0.1) is 24.8 Å². The minimum atomic E-state index is -0.559. The number of ether oxygens (including phenoxy) is 1. The summed E-state index contributed by atoms with van der Waals surface area (Å²) in [5.41, 5.74) is 4.98. The van der Waals surface area contributed by atoms with Crippen molar-refractivity contribution in [2.24, 2.45) is 0 Å².